The summed E-state index contributed by atoms with van der Waals surface area (Å²) in [7, 11) is -2.16. The monoisotopic (exact) mass is 295 g/mol. The van der Waals surface area contributed by atoms with Crippen molar-refractivity contribution in [3.8, 4) is 16.9 Å². The first-order valence-corrected chi connectivity index (χ1v) is 8.32. The summed E-state index contributed by atoms with van der Waals surface area (Å²) in [6.45, 7) is 0. The molecular formula is C14H14ClNO2S. The molecular weight excluding hydrogens is 282 g/mol. The summed E-state index contributed by atoms with van der Waals surface area (Å²) >= 11 is 6.10. The zero-order valence-electron chi connectivity index (χ0n) is 10.6. The first-order chi connectivity index (χ1) is 8.85. The molecule has 0 saturated heterocycles. The average molecular weight is 296 g/mol. The number of nitrogens with zero attached hydrogens (tertiary/aromatic N) is 1. The molecule has 100 valence electrons. The molecule has 1 N–H and O–H groups in total. The summed E-state index contributed by atoms with van der Waals surface area (Å²) in [6.07, 6.45) is 3.18. The van der Waals surface area contributed by atoms with Gasteiger partial charge in [0.15, 0.2) is 0 Å². The van der Waals surface area contributed by atoms with Gasteiger partial charge < -0.3 is 5.11 Å². The van der Waals surface area contributed by atoms with Gasteiger partial charge in [-0.3, -0.25) is 0 Å². The van der Waals surface area contributed by atoms with Crippen molar-refractivity contribution in [2.75, 3.05) is 12.5 Å². The van der Waals surface area contributed by atoms with Crippen LogP contribution in [0.3, 0.4) is 0 Å². The molecule has 0 heterocycles. The third-order valence-electron chi connectivity index (χ3n) is 2.45. The molecule has 2 aromatic rings. The molecule has 0 aliphatic heterocycles. The van der Waals surface area contributed by atoms with E-state index in [1.54, 1.807) is 42.8 Å². The van der Waals surface area contributed by atoms with Gasteiger partial charge in [0, 0.05) is 32.8 Å². The largest absolute Gasteiger partial charge is 0.508 e. The fourth-order valence-electron chi connectivity index (χ4n) is 1.69. The van der Waals surface area contributed by atoms with E-state index in [0.29, 0.717) is 10.7 Å². The molecule has 3 nitrogen and oxygen atoms in total. The van der Waals surface area contributed by atoms with Crippen LogP contribution in [-0.4, -0.2) is 21.8 Å². The Morgan fingerprint density at radius 3 is 2.32 bits per heavy atom. The van der Waals surface area contributed by atoms with E-state index in [1.165, 1.54) is 0 Å². The molecule has 0 amide bonds. The van der Waals surface area contributed by atoms with Gasteiger partial charge in [0.25, 0.3) is 0 Å². The highest BCUT2D eigenvalue weighted by Crippen LogP contribution is 2.32. The molecule has 0 spiro atoms. The summed E-state index contributed by atoms with van der Waals surface area (Å²) < 4.78 is 15.7. The molecule has 2 rings (SSSR count). The van der Waals surface area contributed by atoms with E-state index in [1.807, 2.05) is 12.1 Å². The van der Waals surface area contributed by atoms with Crippen LogP contribution in [0.2, 0.25) is 5.02 Å². The van der Waals surface area contributed by atoms with E-state index < -0.39 is 9.73 Å². The molecule has 19 heavy (non-hydrogen) atoms. The van der Waals surface area contributed by atoms with Crippen molar-refractivity contribution in [2.45, 2.75) is 0 Å². The van der Waals surface area contributed by atoms with Gasteiger partial charge in [0.1, 0.15) is 5.75 Å². The maximum Gasteiger partial charge on any atom is 0.116 e. The zero-order valence-corrected chi connectivity index (χ0v) is 12.2. The fraction of sp³-hybridized carbons (Fsp3) is 0.143. The minimum Gasteiger partial charge on any atom is -0.508 e. The van der Waals surface area contributed by atoms with Gasteiger partial charge in [-0.2, -0.15) is 4.36 Å². The second kappa shape index (κ2) is 5.23. The van der Waals surface area contributed by atoms with Crippen LogP contribution >= 0.6 is 11.6 Å². The van der Waals surface area contributed by atoms with Crippen molar-refractivity contribution < 1.29 is 9.32 Å². The van der Waals surface area contributed by atoms with Crippen LogP contribution < -0.4 is 0 Å². The smallest absolute Gasteiger partial charge is 0.116 e. The molecule has 0 aliphatic rings. The minimum atomic E-state index is -2.16. The van der Waals surface area contributed by atoms with Crippen LogP contribution in [0.4, 0.5) is 5.69 Å². The fourth-order valence-corrected chi connectivity index (χ4v) is 2.55. The van der Waals surface area contributed by atoms with E-state index in [-0.39, 0.29) is 5.75 Å². The molecule has 0 unspecified atom stereocenters. The summed E-state index contributed by atoms with van der Waals surface area (Å²) in [5.74, 6) is 0.165. The highest BCUT2D eigenvalue weighted by Gasteiger charge is 2.05. The standard InChI is InChI=1S/C14H14ClNO2S/c1-19(2,18)16-11-5-3-10(4-6-11)13-9-12(17)7-8-14(13)15/h3-9,17H,1-2H3. The van der Waals surface area contributed by atoms with Gasteiger partial charge in [-0.15, -0.1) is 0 Å². The minimum absolute atomic E-state index is 0.165. The quantitative estimate of drug-likeness (QED) is 0.908. The van der Waals surface area contributed by atoms with Crippen molar-refractivity contribution in [3.63, 3.8) is 0 Å². The number of phenolic OH excluding ortho intramolecular Hbond substituents is 1. The van der Waals surface area contributed by atoms with Crippen molar-refractivity contribution in [1.29, 1.82) is 0 Å². The van der Waals surface area contributed by atoms with Gasteiger partial charge in [-0.1, -0.05) is 23.7 Å². The van der Waals surface area contributed by atoms with Crippen LogP contribution in [-0.2, 0) is 9.73 Å². The van der Waals surface area contributed by atoms with E-state index in [0.717, 1.165) is 11.1 Å². The van der Waals surface area contributed by atoms with Crippen molar-refractivity contribution in [3.05, 3.63) is 47.5 Å². The molecule has 0 bridgehead atoms. The SMILES string of the molecule is CS(C)(=O)=Nc1ccc(-c2cc(O)ccc2Cl)cc1. The summed E-state index contributed by atoms with van der Waals surface area (Å²) in [4.78, 5) is 0. The Morgan fingerprint density at radius 2 is 1.74 bits per heavy atom. The van der Waals surface area contributed by atoms with Crippen LogP contribution in [0.25, 0.3) is 11.1 Å². The third kappa shape index (κ3) is 3.72. The number of benzene rings is 2. The summed E-state index contributed by atoms with van der Waals surface area (Å²) in [6, 6.07) is 12.0. The Labute approximate surface area is 118 Å². The van der Waals surface area contributed by atoms with Crippen molar-refractivity contribution in [1.82, 2.24) is 0 Å². The van der Waals surface area contributed by atoms with Gasteiger partial charge in [-0.05, 0) is 35.9 Å². The Hall–Kier alpha value is -1.52. The first-order valence-electron chi connectivity index (χ1n) is 5.61. The second-order valence-electron chi connectivity index (χ2n) is 4.48. The molecule has 0 radical (unpaired) electrons. The predicted molar refractivity (Wildman–Crippen MR) is 80.6 cm³/mol. The second-order valence-corrected chi connectivity index (χ2v) is 7.44. The van der Waals surface area contributed by atoms with E-state index in [2.05, 4.69) is 4.36 Å². The molecule has 5 heteroatoms. The predicted octanol–water partition coefficient (Wildman–Crippen LogP) is 4.07. The lowest BCUT2D eigenvalue weighted by Crippen LogP contribution is -1.88. The molecule has 0 aliphatic carbocycles. The average Bonchev–Trinajstić information content (AvgIpc) is 2.31. The maximum absolute atomic E-state index is 11.6. The highest BCUT2D eigenvalue weighted by molar-refractivity contribution is 7.92. The number of aromatic hydroxyl groups is 1. The van der Waals surface area contributed by atoms with Crippen LogP contribution in [0.1, 0.15) is 0 Å². The topological polar surface area (TPSA) is 49.7 Å². The Bertz CT molecular complexity index is 709. The number of phenols is 1. The normalized spacial score (nSPS) is 11.3. The Balaban J connectivity index is 2.43. The number of rotatable bonds is 2. The zero-order chi connectivity index (χ0) is 14.0. The van der Waals surface area contributed by atoms with E-state index >= 15 is 0 Å². The summed E-state index contributed by atoms with van der Waals surface area (Å²) in [5.41, 5.74) is 2.29. The lowest BCUT2D eigenvalue weighted by molar-refractivity contribution is 0.475. The highest BCUT2D eigenvalue weighted by atomic mass is 35.5. The Kier molecular flexibility index (Phi) is 3.83. The number of hydrogen-bond donors (Lipinski definition) is 1. The molecule has 0 saturated carbocycles. The van der Waals surface area contributed by atoms with Crippen LogP contribution in [0.5, 0.6) is 5.75 Å². The Morgan fingerprint density at radius 1 is 1.11 bits per heavy atom. The van der Waals surface area contributed by atoms with Gasteiger partial charge in [0.2, 0.25) is 0 Å². The van der Waals surface area contributed by atoms with Gasteiger partial charge in [0.05, 0.1) is 5.69 Å². The first kappa shape index (κ1) is 13.9. The molecule has 0 fully saturated rings. The summed E-state index contributed by atoms with van der Waals surface area (Å²) in [5, 5.41) is 10.1. The van der Waals surface area contributed by atoms with Gasteiger partial charge >= 0.3 is 0 Å². The number of hydrogen-bond acceptors (Lipinski definition) is 3. The lowest BCUT2D eigenvalue weighted by atomic mass is 10.1. The van der Waals surface area contributed by atoms with Crippen LogP contribution in [0.15, 0.2) is 46.8 Å². The van der Waals surface area contributed by atoms with Gasteiger partial charge in [-0.25, -0.2) is 4.21 Å². The number of halogens is 1. The van der Waals surface area contributed by atoms with Crippen LogP contribution in [0, 0.1) is 0 Å². The molecule has 0 atom stereocenters. The van der Waals surface area contributed by atoms with E-state index in [4.69, 9.17) is 11.6 Å². The van der Waals surface area contributed by atoms with Crippen molar-refractivity contribution >= 4 is 27.0 Å². The van der Waals surface area contributed by atoms with E-state index in [9.17, 15) is 9.32 Å². The third-order valence-corrected chi connectivity index (χ3v) is 3.43. The van der Waals surface area contributed by atoms with Crippen molar-refractivity contribution in [2.24, 2.45) is 4.36 Å². The molecule has 0 aromatic heterocycles. The lowest BCUT2D eigenvalue weighted by Gasteiger charge is -2.06. The molecule has 2 aromatic carbocycles. The maximum atomic E-state index is 11.6.